The minimum atomic E-state index is 0.449. The van der Waals surface area contributed by atoms with Crippen molar-refractivity contribution in [2.75, 3.05) is 7.11 Å². The van der Waals surface area contributed by atoms with Gasteiger partial charge < -0.3 is 4.74 Å². The van der Waals surface area contributed by atoms with Gasteiger partial charge in [-0.3, -0.25) is 0 Å². The molecule has 1 heterocycles. The van der Waals surface area contributed by atoms with E-state index < -0.39 is 0 Å². The summed E-state index contributed by atoms with van der Waals surface area (Å²) in [6, 6.07) is 15.7. The van der Waals surface area contributed by atoms with Crippen molar-refractivity contribution in [3.05, 3.63) is 64.4 Å². The summed E-state index contributed by atoms with van der Waals surface area (Å²) in [4.78, 5) is 0. The zero-order chi connectivity index (χ0) is 16.2. The van der Waals surface area contributed by atoms with Crippen molar-refractivity contribution in [2.45, 2.75) is 6.92 Å². The summed E-state index contributed by atoms with van der Waals surface area (Å²) in [7, 11) is 1.64. The minimum Gasteiger partial charge on any atom is -0.497 e. The van der Waals surface area contributed by atoms with Crippen molar-refractivity contribution in [3.63, 3.8) is 0 Å². The second-order valence-electron chi connectivity index (χ2n) is 5.05. The summed E-state index contributed by atoms with van der Waals surface area (Å²) in [6.07, 6.45) is 1.74. The molecule has 1 N–H and O–H groups in total. The van der Waals surface area contributed by atoms with Gasteiger partial charge in [0, 0.05) is 5.56 Å². The highest BCUT2D eigenvalue weighted by molar-refractivity contribution is 7.71. The van der Waals surface area contributed by atoms with Gasteiger partial charge in [0.05, 0.1) is 13.3 Å². The van der Waals surface area contributed by atoms with Gasteiger partial charge >= 0.3 is 0 Å². The van der Waals surface area contributed by atoms with E-state index in [1.807, 2.05) is 55.5 Å². The first-order chi connectivity index (χ1) is 11.2. The van der Waals surface area contributed by atoms with E-state index in [1.165, 1.54) is 5.56 Å². The second-order valence-corrected chi connectivity index (χ2v) is 5.43. The first kappa shape index (κ1) is 15.2. The summed E-state index contributed by atoms with van der Waals surface area (Å²) in [5.74, 6) is 1.49. The first-order valence-electron chi connectivity index (χ1n) is 7.10. The average Bonchev–Trinajstić information content (AvgIpc) is 2.95. The van der Waals surface area contributed by atoms with Crippen LogP contribution in [0.1, 0.15) is 11.1 Å². The molecule has 6 heteroatoms. The molecule has 0 aliphatic heterocycles. The fourth-order valence-electron chi connectivity index (χ4n) is 2.10. The van der Waals surface area contributed by atoms with Crippen LogP contribution in [0.25, 0.3) is 11.4 Å². The molecule has 0 saturated carbocycles. The number of nitrogens with zero attached hydrogens (tertiary/aromatic N) is 3. The number of aromatic amines is 1. The van der Waals surface area contributed by atoms with Crippen LogP contribution in [-0.4, -0.2) is 28.2 Å². The number of methoxy groups -OCH3 is 1. The van der Waals surface area contributed by atoms with Crippen molar-refractivity contribution in [1.82, 2.24) is 14.9 Å². The molecule has 0 radical (unpaired) electrons. The molecule has 2 aromatic carbocycles. The summed E-state index contributed by atoms with van der Waals surface area (Å²) in [5, 5.41) is 11.5. The molecule has 0 unspecified atom stereocenters. The standard InChI is InChI=1S/C17H16N4OS/c1-12-3-7-14(8-4-12)16-19-20-17(23)21(16)18-11-13-5-9-15(22-2)10-6-13/h3-11H,1-2H3,(H,20,23)/b18-11-. The molecule has 0 atom stereocenters. The highest BCUT2D eigenvalue weighted by Crippen LogP contribution is 2.18. The number of rotatable bonds is 4. The van der Waals surface area contributed by atoms with E-state index in [-0.39, 0.29) is 0 Å². The maximum absolute atomic E-state index is 5.26. The Morgan fingerprint density at radius 3 is 2.48 bits per heavy atom. The largest absolute Gasteiger partial charge is 0.497 e. The lowest BCUT2D eigenvalue weighted by molar-refractivity contribution is 0.415. The maximum atomic E-state index is 5.26. The molecule has 0 spiro atoms. The number of H-pyrrole nitrogens is 1. The molecular formula is C17H16N4OS. The number of aromatic nitrogens is 3. The van der Waals surface area contributed by atoms with Crippen LogP contribution in [0.4, 0.5) is 0 Å². The zero-order valence-corrected chi connectivity index (χ0v) is 13.7. The Morgan fingerprint density at radius 2 is 1.83 bits per heavy atom. The van der Waals surface area contributed by atoms with Crippen molar-refractivity contribution in [3.8, 4) is 17.1 Å². The van der Waals surface area contributed by atoms with Crippen LogP contribution in [0.3, 0.4) is 0 Å². The molecule has 0 saturated heterocycles. The van der Waals surface area contributed by atoms with E-state index >= 15 is 0 Å². The van der Waals surface area contributed by atoms with Crippen molar-refractivity contribution in [2.24, 2.45) is 5.10 Å². The van der Waals surface area contributed by atoms with Gasteiger partial charge in [0.2, 0.25) is 4.77 Å². The predicted molar refractivity (Wildman–Crippen MR) is 93.6 cm³/mol. The zero-order valence-electron chi connectivity index (χ0n) is 12.9. The quantitative estimate of drug-likeness (QED) is 0.586. The number of aryl methyl sites for hydroxylation is 1. The first-order valence-corrected chi connectivity index (χ1v) is 7.51. The monoisotopic (exact) mass is 324 g/mol. The lowest BCUT2D eigenvalue weighted by Crippen LogP contribution is -1.95. The molecule has 0 aliphatic carbocycles. The van der Waals surface area contributed by atoms with E-state index in [0.717, 1.165) is 16.9 Å². The van der Waals surface area contributed by atoms with Gasteiger partial charge in [0.25, 0.3) is 0 Å². The Kier molecular flexibility index (Phi) is 4.34. The summed E-state index contributed by atoms with van der Waals surface area (Å²) < 4.78 is 7.21. The van der Waals surface area contributed by atoms with Crippen molar-refractivity contribution < 1.29 is 4.74 Å². The third-order valence-corrected chi connectivity index (χ3v) is 3.66. The molecule has 0 fully saturated rings. The fourth-order valence-corrected chi connectivity index (χ4v) is 2.28. The molecular weight excluding hydrogens is 308 g/mol. The second kappa shape index (κ2) is 6.58. The lowest BCUT2D eigenvalue weighted by atomic mass is 10.1. The third kappa shape index (κ3) is 3.37. The third-order valence-electron chi connectivity index (χ3n) is 3.40. The van der Waals surface area contributed by atoms with Crippen LogP contribution in [0, 0.1) is 11.7 Å². The van der Waals surface area contributed by atoms with E-state index in [0.29, 0.717) is 10.6 Å². The Hall–Kier alpha value is -2.73. The molecule has 0 amide bonds. The minimum absolute atomic E-state index is 0.449. The van der Waals surface area contributed by atoms with Crippen LogP contribution in [-0.2, 0) is 0 Å². The van der Waals surface area contributed by atoms with Gasteiger partial charge in [-0.1, -0.05) is 29.8 Å². The number of ether oxygens (including phenoxy) is 1. The van der Waals surface area contributed by atoms with E-state index in [2.05, 4.69) is 15.3 Å². The molecule has 5 nitrogen and oxygen atoms in total. The normalized spacial score (nSPS) is 11.0. The van der Waals surface area contributed by atoms with Crippen LogP contribution in [0.2, 0.25) is 0 Å². The molecule has 3 rings (SSSR count). The number of nitrogens with one attached hydrogen (secondary N) is 1. The number of hydrogen-bond acceptors (Lipinski definition) is 4. The van der Waals surface area contributed by atoms with Crippen LogP contribution < -0.4 is 4.74 Å². The number of hydrogen-bond donors (Lipinski definition) is 1. The molecule has 1 aromatic heterocycles. The van der Waals surface area contributed by atoms with Crippen molar-refractivity contribution in [1.29, 1.82) is 0 Å². The van der Waals surface area contributed by atoms with Crippen LogP contribution in [0.15, 0.2) is 53.6 Å². The predicted octanol–water partition coefficient (Wildman–Crippen LogP) is 3.81. The Bertz CT molecular complexity index is 876. The topological polar surface area (TPSA) is 55.2 Å². The average molecular weight is 324 g/mol. The van der Waals surface area contributed by atoms with Crippen LogP contribution in [0.5, 0.6) is 5.75 Å². The van der Waals surface area contributed by atoms with Gasteiger partial charge in [0.15, 0.2) is 5.82 Å². The van der Waals surface area contributed by atoms with Crippen LogP contribution >= 0.6 is 12.2 Å². The van der Waals surface area contributed by atoms with E-state index in [4.69, 9.17) is 17.0 Å². The maximum Gasteiger partial charge on any atom is 0.216 e. The SMILES string of the molecule is COc1ccc(/C=N\n2c(-c3ccc(C)cc3)n[nH]c2=S)cc1. The molecule has 116 valence electrons. The summed E-state index contributed by atoms with van der Waals surface area (Å²) in [5.41, 5.74) is 3.09. The Morgan fingerprint density at radius 1 is 1.13 bits per heavy atom. The van der Waals surface area contributed by atoms with Gasteiger partial charge in [0.1, 0.15) is 5.75 Å². The van der Waals surface area contributed by atoms with Gasteiger partial charge in [-0.2, -0.15) is 14.9 Å². The number of benzene rings is 2. The summed E-state index contributed by atoms with van der Waals surface area (Å²) >= 11 is 5.26. The molecule has 0 bridgehead atoms. The smallest absolute Gasteiger partial charge is 0.216 e. The lowest BCUT2D eigenvalue weighted by Gasteiger charge is -2.02. The molecule has 23 heavy (non-hydrogen) atoms. The van der Waals surface area contributed by atoms with Gasteiger partial charge in [-0.15, -0.1) is 0 Å². The van der Waals surface area contributed by atoms with Gasteiger partial charge in [-0.05, 0) is 49.0 Å². The Balaban J connectivity index is 1.93. The summed E-state index contributed by atoms with van der Waals surface area (Å²) in [6.45, 7) is 2.04. The molecule has 3 aromatic rings. The van der Waals surface area contributed by atoms with E-state index in [1.54, 1.807) is 18.0 Å². The highest BCUT2D eigenvalue weighted by atomic mass is 32.1. The highest BCUT2D eigenvalue weighted by Gasteiger charge is 2.07. The van der Waals surface area contributed by atoms with Crippen molar-refractivity contribution >= 4 is 18.4 Å². The Labute approximate surface area is 139 Å². The fraction of sp³-hybridized carbons (Fsp3) is 0.118. The van der Waals surface area contributed by atoms with E-state index in [9.17, 15) is 0 Å². The van der Waals surface area contributed by atoms with Gasteiger partial charge in [-0.25, -0.2) is 5.10 Å². The molecule has 0 aliphatic rings.